The van der Waals surface area contributed by atoms with Crippen molar-refractivity contribution in [3.05, 3.63) is 28.5 Å². The third-order valence-electron chi connectivity index (χ3n) is 3.35. The first-order valence-corrected chi connectivity index (χ1v) is 7.48. The molecule has 1 saturated heterocycles. The van der Waals surface area contributed by atoms with E-state index >= 15 is 0 Å². The molecule has 2 heterocycles. The second kappa shape index (κ2) is 6.83. The molecule has 1 aliphatic rings. The molecule has 0 saturated carbocycles. The van der Waals surface area contributed by atoms with Crippen molar-refractivity contribution < 1.29 is 14.3 Å². The van der Waals surface area contributed by atoms with Crippen LogP contribution in [0.2, 0.25) is 0 Å². The molecule has 1 amide bonds. The summed E-state index contributed by atoms with van der Waals surface area (Å²) in [5.74, 6) is -0.321. The van der Waals surface area contributed by atoms with Crippen LogP contribution in [0.25, 0.3) is 0 Å². The van der Waals surface area contributed by atoms with Gasteiger partial charge in [-0.3, -0.25) is 9.59 Å². The zero-order valence-electron chi connectivity index (χ0n) is 11.3. The zero-order chi connectivity index (χ0) is 14.5. The van der Waals surface area contributed by atoms with Crippen LogP contribution in [0.3, 0.4) is 0 Å². The number of amides is 1. The fourth-order valence-electron chi connectivity index (χ4n) is 2.24. The maximum atomic E-state index is 12.2. The molecule has 0 atom stereocenters. The fraction of sp³-hybridized carbons (Fsp3) is 0.500. The van der Waals surface area contributed by atoms with Gasteiger partial charge in [0.15, 0.2) is 0 Å². The maximum absolute atomic E-state index is 12.2. The number of likely N-dealkylation sites (tertiary alicyclic amines) is 1. The van der Waals surface area contributed by atoms with Crippen LogP contribution in [-0.4, -0.2) is 41.5 Å². The molecule has 1 aromatic rings. The number of piperidine rings is 1. The first-order chi connectivity index (χ1) is 9.61. The van der Waals surface area contributed by atoms with Gasteiger partial charge >= 0.3 is 5.97 Å². The lowest BCUT2D eigenvalue weighted by Gasteiger charge is -2.30. The van der Waals surface area contributed by atoms with Crippen LogP contribution in [0.15, 0.2) is 22.8 Å². The van der Waals surface area contributed by atoms with Gasteiger partial charge in [-0.15, -0.1) is 0 Å². The summed E-state index contributed by atoms with van der Waals surface area (Å²) in [5, 5.41) is 0. The number of pyridine rings is 1. The highest BCUT2D eigenvalue weighted by Gasteiger charge is 2.28. The third kappa shape index (κ3) is 3.56. The van der Waals surface area contributed by atoms with Crippen LogP contribution < -0.4 is 0 Å². The van der Waals surface area contributed by atoms with Gasteiger partial charge in [-0.1, -0.05) is 0 Å². The number of nitrogens with zero attached hydrogens (tertiary/aromatic N) is 2. The summed E-state index contributed by atoms with van der Waals surface area (Å²) >= 11 is 3.29. The largest absolute Gasteiger partial charge is 0.466 e. The van der Waals surface area contributed by atoms with Gasteiger partial charge < -0.3 is 9.64 Å². The van der Waals surface area contributed by atoms with E-state index in [1.165, 1.54) is 0 Å². The summed E-state index contributed by atoms with van der Waals surface area (Å²) in [6.07, 6.45) is 2.92. The van der Waals surface area contributed by atoms with Crippen LogP contribution in [0.4, 0.5) is 0 Å². The minimum absolute atomic E-state index is 0.0835. The highest BCUT2D eigenvalue weighted by Crippen LogP contribution is 2.20. The minimum atomic E-state index is -0.152. The number of hydrogen-bond donors (Lipinski definition) is 0. The summed E-state index contributed by atoms with van der Waals surface area (Å²) in [7, 11) is 0. The number of ether oxygens (including phenoxy) is 1. The Bertz CT molecular complexity index is 482. The summed E-state index contributed by atoms with van der Waals surface area (Å²) < 4.78 is 5.86. The molecular formula is C14H17BrN2O3. The second-order valence-corrected chi connectivity index (χ2v) is 5.60. The van der Waals surface area contributed by atoms with Gasteiger partial charge in [0.1, 0.15) is 5.69 Å². The van der Waals surface area contributed by atoms with E-state index in [0.29, 0.717) is 38.2 Å². The molecule has 5 nitrogen and oxygen atoms in total. The van der Waals surface area contributed by atoms with Crippen molar-refractivity contribution in [3.8, 4) is 0 Å². The van der Waals surface area contributed by atoms with Gasteiger partial charge in [0, 0.05) is 23.8 Å². The lowest BCUT2D eigenvalue weighted by molar-refractivity contribution is -0.149. The minimum Gasteiger partial charge on any atom is -0.466 e. The average Bonchev–Trinajstić information content (AvgIpc) is 2.48. The Balaban J connectivity index is 1.92. The van der Waals surface area contributed by atoms with E-state index in [1.54, 1.807) is 30.2 Å². The summed E-state index contributed by atoms with van der Waals surface area (Å²) in [5.41, 5.74) is 0.433. The summed E-state index contributed by atoms with van der Waals surface area (Å²) in [6, 6.07) is 3.50. The van der Waals surface area contributed by atoms with E-state index in [4.69, 9.17) is 4.74 Å². The predicted molar refractivity (Wildman–Crippen MR) is 77.2 cm³/mol. The van der Waals surface area contributed by atoms with Crippen molar-refractivity contribution in [2.24, 2.45) is 5.92 Å². The smallest absolute Gasteiger partial charge is 0.309 e. The zero-order valence-corrected chi connectivity index (χ0v) is 12.9. The quantitative estimate of drug-likeness (QED) is 0.792. The normalized spacial score (nSPS) is 16.0. The van der Waals surface area contributed by atoms with Crippen molar-refractivity contribution >= 4 is 27.8 Å². The average molecular weight is 341 g/mol. The Labute approximate surface area is 126 Å². The van der Waals surface area contributed by atoms with Gasteiger partial charge in [0.05, 0.1) is 12.5 Å². The Morgan fingerprint density at radius 3 is 2.65 bits per heavy atom. The lowest BCUT2D eigenvalue weighted by atomic mass is 9.97. The summed E-state index contributed by atoms with van der Waals surface area (Å²) in [6.45, 7) is 3.34. The highest BCUT2D eigenvalue weighted by molar-refractivity contribution is 9.10. The Morgan fingerprint density at radius 1 is 1.40 bits per heavy atom. The predicted octanol–water partition coefficient (Wildman–Crippen LogP) is 2.26. The van der Waals surface area contributed by atoms with E-state index in [0.717, 1.165) is 4.47 Å². The van der Waals surface area contributed by atoms with Crippen LogP contribution >= 0.6 is 15.9 Å². The number of carbonyl (C=O) groups is 2. The van der Waals surface area contributed by atoms with Gasteiger partial charge in [-0.2, -0.15) is 0 Å². The molecule has 108 valence electrons. The van der Waals surface area contributed by atoms with Gasteiger partial charge in [-0.25, -0.2) is 4.98 Å². The number of halogens is 1. The van der Waals surface area contributed by atoms with Crippen LogP contribution in [0.1, 0.15) is 30.3 Å². The Morgan fingerprint density at radius 2 is 2.10 bits per heavy atom. The van der Waals surface area contributed by atoms with E-state index in [9.17, 15) is 9.59 Å². The van der Waals surface area contributed by atoms with Crippen molar-refractivity contribution in [1.82, 2.24) is 9.88 Å². The number of aromatic nitrogens is 1. The molecule has 2 rings (SSSR count). The van der Waals surface area contributed by atoms with Gasteiger partial charge in [0.2, 0.25) is 0 Å². The molecular weight excluding hydrogens is 324 g/mol. The monoisotopic (exact) mass is 340 g/mol. The second-order valence-electron chi connectivity index (χ2n) is 4.68. The van der Waals surface area contributed by atoms with Crippen molar-refractivity contribution in [3.63, 3.8) is 0 Å². The van der Waals surface area contributed by atoms with E-state index in [2.05, 4.69) is 20.9 Å². The van der Waals surface area contributed by atoms with Gasteiger partial charge in [0.25, 0.3) is 5.91 Å². The molecule has 20 heavy (non-hydrogen) atoms. The van der Waals surface area contributed by atoms with Crippen molar-refractivity contribution in [2.75, 3.05) is 19.7 Å². The molecule has 0 bridgehead atoms. The molecule has 0 aliphatic carbocycles. The first-order valence-electron chi connectivity index (χ1n) is 6.69. The molecule has 1 aliphatic heterocycles. The number of rotatable bonds is 3. The maximum Gasteiger partial charge on any atom is 0.309 e. The van der Waals surface area contributed by atoms with Crippen LogP contribution in [0.5, 0.6) is 0 Å². The number of esters is 1. The molecule has 6 heteroatoms. The molecule has 1 fully saturated rings. The fourth-order valence-corrected chi connectivity index (χ4v) is 2.48. The number of hydrogen-bond acceptors (Lipinski definition) is 4. The Hall–Kier alpha value is -1.43. The van der Waals surface area contributed by atoms with Crippen LogP contribution in [-0.2, 0) is 9.53 Å². The SMILES string of the molecule is CCOC(=O)C1CCN(C(=O)c2ccc(Br)cn2)CC1. The molecule has 0 unspecified atom stereocenters. The third-order valence-corrected chi connectivity index (χ3v) is 3.82. The molecule has 0 radical (unpaired) electrons. The Kier molecular flexibility index (Phi) is 5.11. The first kappa shape index (κ1) is 15.0. The molecule has 0 N–H and O–H groups in total. The molecule has 0 spiro atoms. The van der Waals surface area contributed by atoms with Crippen molar-refractivity contribution in [1.29, 1.82) is 0 Å². The molecule has 1 aromatic heterocycles. The van der Waals surface area contributed by atoms with Crippen LogP contribution in [0, 0.1) is 5.92 Å². The lowest BCUT2D eigenvalue weighted by Crippen LogP contribution is -2.40. The van der Waals surface area contributed by atoms with Crippen molar-refractivity contribution in [2.45, 2.75) is 19.8 Å². The standard InChI is InChI=1S/C14H17BrN2O3/c1-2-20-14(19)10-5-7-17(8-6-10)13(18)12-4-3-11(15)9-16-12/h3-4,9-10H,2,5-8H2,1H3. The topological polar surface area (TPSA) is 59.5 Å². The summed E-state index contributed by atoms with van der Waals surface area (Å²) in [4.78, 5) is 29.7. The highest BCUT2D eigenvalue weighted by atomic mass is 79.9. The number of carbonyl (C=O) groups excluding carboxylic acids is 2. The molecule has 0 aromatic carbocycles. The van der Waals surface area contributed by atoms with E-state index < -0.39 is 0 Å². The van der Waals surface area contributed by atoms with E-state index in [1.807, 2.05) is 0 Å². The van der Waals surface area contributed by atoms with E-state index in [-0.39, 0.29) is 17.8 Å². The van der Waals surface area contributed by atoms with Gasteiger partial charge in [-0.05, 0) is 47.8 Å².